The van der Waals surface area contributed by atoms with Gasteiger partial charge in [-0.15, -0.1) is 0 Å². The number of β-amino-alcohol motifs (C(OH)–C–C–N with tert-alkyl or cyclic N) is 1. The summed E-state index contributed by atoms with van der Waals surface area (Å²) in [5, 5.41) is 9.94. The minimum atomic E-state index is -0.424. The first-order chi connectivity index (χ1) is 8.81. The van der Waals surface area contributed by atoms with E-state index in [9.17, 15) is 5.11 Å². The van der Waals surface area contributed by atoms with Gasteiger partial charge in [-0.05, 0) is 26.3 Å². The first kappa shape index (κ1) is 14.2. The molecule has 0 amide bonds. The van der Waals surface area contributed by atoms with Crippen LogP contribution in [0.3, 0.4) is 0 Å². The lowest BCUT2D eigenvalue weighted by Crippen LogP contribution is -2.50. The van der Waals surface area contributed by atoms with Gasteiger partial charge in [0.25, 0.3) is 0 Å². The van der Waals surface area contributed by atoms with Crippen LogP contribution in [0.1, 0.15) is 26.2 Å². The van der Waals surface area contributed by atoms with Crippen molar-refractivity contribution >= 4 is 0 Å². The maximum Gasteiger partial charge on any atom is 0.173 e. The van der Waals surface area contributed by atoms with Crippen molar-refractivity contribution in [3.63, 3.8) is 0 Å². The number of rotatable bonds is 6. The zero-order valence-electron chi connectivity index (χ0n) is 11.2. The Balaban J connectivity index is 1.82. The number of piperidine rings is 1. The summed E-state index contributed by atoms with van der Waals surface area (Å²) >= 11 is 0. The third-order valence-electron chi connectivity index (χ3n) is 3.59. The zero-order valence-corrected chi connectivity index (χ0v) is 11.2. The van der Waals surface area contributed by atoms with E-state index >= 15 is 0 Å². The molecule has 5 heteroatoms. The van der Waals surface area contributed by atoms with Crippen molar-refractivity contribution in [1.82, 2.24) is 4.90 Å². The molecule has 106 valence electrons. The Labute approximate surface area is 109 Å². The highest BCUT2D eigenvalue weighted by molar-refractivity contribution is 4.82. The summed E-state index contributed by atoms with van der Waals surface area (Å²) in [7, 11) is 0. The maximum absolute atomic E-state index is 9.94. The van der Waals surface area contributed by atoms with Crippen LogP contribution in [-0.4, -0.2) is 68.0 Å². The van der Waals surface area contributed by atoms with Crippen LogP contribution in [0, 0.1) is 0 Å². The van der Waals surface area contributed by atoms with Crippen molar-refractivity contribution in [3.8, 4) is 0 Å². The minimum Gasteiger partial charge on any atom is -0.389 e. The SMILES string of the molecule is CCOCC(O)CN1CCCCC1C1OCCO1. The Morgan fingerprint density at radius 1 is 1.33 bits per heavy atom. The molecule has 0 radical (unpaired) electrons. The van der Waals surface area contributed by atoms with E-state index < -0.39 is 6.10 Å². The van der Waals surface area contributed by atoms with E-state index in [2.05, 4.69) is 4.90 Å². The number of ether oxygens (including phenoxy) is 3. The van der Waals surface area contributed by atoms with Crippen LogP contribution in [0.5, 0.6) is 0 Å². The topological polar surface area (TPSA) is 51.2 Å². The molecule has 0 bridgehead atoms. The second-order valence-corrected chi connectivity index (χ2v) is 4.98. The van der Waals surface area contributed by atoms with Crippen molar-refractivity contribution < 1.29 is 19.3 Å². The largest absolute Gasteiger partial charge is 0.389 e. The molecule has 1 N–H and O–H groups in total. The summed E-state index contributed by atoms with van der Waals surface area (Å²) in [6, 6.07) is 0.289. The number of nitrogens with zero attached hydrogens (tertiary/aromatic N) is 1. The molecule has 0 saturated carbocycles. The first-order valence-corrected chi connectivity index (χ1v) is 7.04. The predicted octanol–water partition coefficient (Wildman–Crippen LogP) is 0.611. The molecule has 2 unspecified atom stereocenters. The highest BCUT2D eigenvalue weighted by Gasteiger charge is 2.34. The number of aliphatic hydroxyl groups excluding tert-OH is 1. The third-order valence-corrected chi connectivity index (χ3v) is 3.59. The predicted molar refractivity (Wildman–Crippen MR) is 67.4 cm³/mol. The van der Waals surface area contributed by atoms with Crippen LogP contribution in [0.15, 0.2) is 0 Å². The fraction of sp³-hybridized carbons (Fsp3) is 1.00. The molecular formula is C13H25NO4. The van der Waals surface area contributed by atoms with Crippen LogP contribution in [0.25, 0.3) is 0 Å². The van der Waals surface area contributed by atoms with Gasteiger partial charge < -0.3 is 19.3 Å². The Kier molecular flexibility index (Phi) is 5.85. The molecule has 2 heterocycles. The van der Waals surface area contributed by atoms with Crippen LogP contribution in [0.2, 0.25) is 0 Å². The van der Waals surface area contributed by atoms with Gasteiger partial charge >= 0.3 is 0 Å². The lowest BCUT2D eigenvalue weighted by atomic mass is 10.0. The zero-order chi connectivity index (χ0) is 12.8. The molecule has 2 aliphatic heterocycles. The van der Waals surface area contributed by atoms with Gasteiger partial charge in [-0.2, -0.15) is 0 Å². The van der Waals surface area contributed by atoms with Gasteiger partial charge in [-0.3, -0.25) is 4.90 Å². The van der Waals surface area contributed by atoms with Crippen molar-refractivity contribution in [1.29, 1.82) is 0 Å². The molecular weight excluding hydrogens is 234 g/mol. The Morgan fingerprint density at radius 3 is 2.83 bits per heavy atom. The van der Waals surface area contributed by atoms with Crippen LogP contribution < -0.4 is 0 Å². The molecule has 0 aliphatic carbocycles. The second kappa shape index (κ2) is 7.40. The van der Waals surface area contributed by atoms with Gasteiger partial charge in [-0.1, -0.05) is 6.42 Å². The number of likely N-dealkylation sites (tertiary alicyclic amines) is 1. The molecule has 0 spiro atoms. The van der Waals surface area contributed by atoms with Gasteiger partial charge in [0.15, 0.2) is 6.29 Å². The summed E-state index contributed by atoms with van der Waals surface area (Å²) in [4.78, 5) is 2.29. The minimum absolute atomic E-state index is 0.107. The van der Waals surface area contributed by atoms with Gasteiger partial charge in [0.05, 0.1) is 32.0 Å². The Hall–Kier alpha value is -0.200. The molecule has 2 atom stereocenters. The van der Waals surface area contributed by atoms with E-state index in [4.69, 9.17) is 14.2 Å². The molecule has 0 aromatic heterocycles. The summed E-state index contributed by atoms with van der Waals surface area (Å²) in [5.74, 6) is 0. The normalized spacial score (nSPS) is 28.7. The van der Waals surface area contributed by atoms with Crippen molar-refractivity contribution in [2.24, 2.45) is 0 Å². The van der Waals surface area contributed by atoms with Gasteiger partial charge in [-0.25, -0.2) is 0 Å². The number of aliphatic hydroxyl groups is 1. The van der Waals surface area contributed by atoms with E-state index in [1.54, 1.807) is 0 Å². The van der Waals surface area contributed by atoms with Gasteiger partial charge in [0, 0.05) is 13.2 Å². The van der Waals surface area contributed by atoms with E-state index in [-0.39, 0.29) is 12.3 Å². The third kappa shape index (κ3) is 3.90. The summed E-state index contributed by atoms with van der Waals surface area (Å²) in [5.41, 5.74) is 0. The molecule has 0 aromatic rings. The Bertz CT molecular complexity index is 233. The fourth-order valence-electron chi connectivity index (χ4n) is 2.73. The molecule has 0 aromatic carbocycles. The highest BCUT2D eigenvalue weighted by atomic mass is 16.7. The second-order valence-electron chi connectivity index (χ2n) is 4.98. The average molecular weight is 259 g/mol. The summed E-state index contributed by atoms with van der Waals surface area (Å²) in [6.07, 6.45) is 2.96. The highest BCUT2D eigenvalue weighted by Crippen LogP contribution is 2.24. The van der Waals surface area contributed by atoms with E-state index in [0.717, 1.165) is 13.0 Å². The van der Waals surface area contributed by atoms with E-state index in [1.807, 2.05) is 6.92 Å². The molecule has 2 fully saturated rings. The average Bonchev–Trinajstić information content (AvgIpc) is 2.91. The van der Waals surface area contributed by atoms with Gasteiger partial charge in [0.2, 0.25) is 0 Å². The van der Waals surface area contributed by atoms with Crippen molar-refractivity contribution in [2.75, 3.05) is 39.5 Å². The monoisotopic (exact) mass is 259 g/mol. The lowest BCUT2D eigenvalue weighted by Gasteiger charge is -2.38. The smallest absolute Gasteiger partial charge is 0.173 e. The van der Waals surface area contributed by atoms with Crippen molar-refractivity contribution in [2.45, 2.75) is 44.6 Å². The van der Waals surface area contributed by atoms with Crippen LogP contribution in [-0.2, 0) is 14.2 Å². The summed E-state index contributed by atoms with van der Waals surface area (Å²) < 4.78 is 16.5. The molecule has 2 saturated heterocycles. The molecule has 5 nitrogen and oxygen atoms in total. The van der Waals surface area contributed by atoms with Crippen LogP contribution in [0.4, 0.5) is 0 Å². The molecule has 2 rings (SSSR count). The number of hydrogen-bond donors (Lipinski definition) is 1. The van der Waals surface area contributed by atoms with Crippen LogP contribution >= 0.6 is 0 Å². The first-order valence-electron chi connectivity index (χ1n) is 7.04. The van der Waals surface area contributed by atoms with Gasteiger partial charge in [0.1, 0.15) is 0 Å². The summed E-state index contributed by atoms with van der Waals surface area (Å²) in [6.45, 7) is 6.04. The number of hydrogen-bond acceptors (Lipinski definition) is 5. The maximum atomic E-state index is 9.94. The fourth-order valence-corrected chi connectivity index (χ4v) is 2.73. The van der Waals surface area contributed by atoms with Crippen molar-refractivity contribution in [3.05, 3.63) is 0 Å². The lowest BCUT2D eigenvalue weighted by molar-refractivity contribution is -0.117. The quantitative estimate of drug-likeness (QED) is 0.757. The Morgan fingerprint density at radius 2 is 2.11 bits per heavy atom. The molecule has 2 aliphatic rings. The molecule has 18 heavy (non-hydrogen) atoms. The van der Waals surface area contributed by atoms with E-state index in [1.165, 1.54) is 12.8 Å². The van der Waals surface area contributed by atoms with E-state index in [0.29, 0.717) is 33.0 Å². The standard InChI is InChI=1S/C13H25NO4/c1-2-16-10-11(15)9-14-6-4-3-5-12(14)13-17-7-8-18-13/h11-13,15H,2-10H2,1H3.